The highest BCUT2D eigenvalue weighted by Crippen LogP contribution is 2.53. The van der Waals surface area contributed by atoms with E-state index in [1.807, 2.05) is 0 Å². The number of fused-ring (bicyclic) bond motifs is 3. The summed E-state index contributed by atoms with van der Waals surface area (Å²) in [7, 11) is 1.35. The Balaban J connectivity index is 1.63. The first kappa shape index (κ1) is 18.5. The number of aliphatic carboxylic acids is 1. The van der Waals surface area contributed by atoms with Crippen molar-refractivity contribution in [1.82, 2.24) is 0 Å². The Morgan fingerprint density at radius 2 is 1.78 bits per heavy atom. The number of carbonyl (C=O) groups is 3. The van der Waals surface area contributed by atoms with Gasteiger partial charge in [-0.05, 0) is 62.3 Å². The molecule has 3 aliphatic carbocycles. The van der Waals surface area contributed by atoms with E-state index >= 15 is 0 Å². The fourth-order valence-electron chi connectivity index (χ4n) is 5.37. The fourth-order valence-corrected chi connectivity index (χ4v) is 6.65. The van der Waals surface area contributed by atoms with Gasteiger partial charge in [0.2, 0.25) is 5.91 Å². The molecule has 2 saturated carbocycles. The van der Waals surface area contributed by atoms with Gasteiger partial charge in [-0.3, -0.25) is 9.59 Å². The number of esters is 1. The van der Waals surface area contributed by atoms with E-state index in [1.54, 1.807) is 0 Å². The van der Waals surface area contributed by atoms with Crippen molar-refractivity contribution in [2.75, 3.05) is 12.4 Å². The first-order valence-corrected chi connectivity index (χ1v) is 10.6. The number of amides is 1. The second-order valence-electron chi connectivity index (χ2n) is 7.97. The van der Waals surface area contributed by atoms with Crippen LogP contribution in [0.5, 0.6) is 0 Å². The molecular weight excluding hydrogens is 366 g/mol. The van der Waals surface area contributed by atoms with Gasteiger partial charge >= 0.3 is 11.9 Å². The van der Waals surface area contributed by atoms with E-state index in [0.29, 0.717) is 10.6 Å². The van der Waals surface area contributed by atoms with Crippen LogP contribution < -0.4 is 5.32 Å². The maximum Gasteiger partial charge on any atom is 0.341 e. The van der Waals surface area contributed by atoms with Crippen molar-refractivity contribution >= 4 is 34.2 Å². The first-order chi connectivity index (χ1) is 13.0. The molecule has 0 radical (unpaired) electrons. The predicted octanol–water partition coefficient (Wildman–Crippen LogP) is 3.49. The summed E-state index contributed by atoms with van der Waals surface area (Å²) < 4.78 is 4.98. The Morgan fingerprint density at radius 3 is 2.48 bits per heavy atom. The summed E-state index contributed by atoms with van der Waals surface area (Å²) in [4.78, 5) is 38.3. The quantitative estimate of drug-likeness (QED) is 0.605. The maximum absolute atomic E-state index is 13.0. The summed E-state index contributed by atoms with van der Waals surface area (Å²) in [6.45, 7) is 0. The number of methoxy groups -OCH3 is 1. The topological polar surface area (TPSA) is 92.7 Å². The standard InChI is InChI=1S/C20H25NO5S/c1-26-20(25)16-12-5-3-2-4-6-13(12)27-18(16)21-17(22)14-10-7-8-11(9-10)15(14)19(23)24/h10-11,14-15H,2-9H2,1H3,(H,21,22)(H,23,24)/t10-,11-,14-,15-/m0/s1. The molecule has 0 saturated heterocycles. The zero-order valence-corrected chi connectivity index (χ0v) is 16.3. The molecule has 27 heavy (non-hydrogen) atoms. The number of hydrogen-bond acceptors (Lipinski definition) is 5. The van der Waals surface area contributed by atoms with E-state index in [4.69, 9.17) is 4.74 Å². The van der Waals surface area contributed by atoms with Crippen molar-refractivity contribution in [3.63, 3.8) is 0 Å². The van der Waals surface area contributed by atoms with E-state index in [0.717, 1.165) is 61.8 Å². The summed E-state index contributed by atoms with van der Waals surface area (Å²) >= 11 is 1.46. The number of aryl methyl sites for hydroxylation is 1. The second kappa shape index (κ2) is 7.26. The van der Waals surface area contributed by atoms with Gasteiger partial charge in [-0.1, -0.05) is 6.42 Å². The normalized spacial score (nSPS) is 29.1. The SMILES string of the molecule is COC(=O)c1c(NC(=O)[C@H]2[C@H]3CC[C@@H](C3)[C@@H]2C(=O)O)sc2c1CCCCC2. The number of rotatable bonds is 4. The molecule has 146 valence electrons. The average molecular weight is 391 g/mol. The molecule has 6 nitrogen and oxygen atoms in total. The minimum absolute atomic E-state index is 0.100. The molecular formula is C20H25NO5S. The highest BCUT2D eigenvalue weighted by Gasteiger charge is 2.54. The molecule has 4 atom stereocenters. The van der Waals surface area contributed by atoms with E-state index in [1.165, 1.54) is 18.4 Å². The van der Waals surface area contributed by atoms with Crippen molar-refractivity contribution < 1.29 is 24.2 Å². The number of ether oxygens (including phenoxy) is 1. The predicted molar refractivity (Wildman–Crippen MR) is 101 cm³/mol. The minimum atomic E-state index is -0.877. The lowest BCUT2D eigenvalue weighted by Gasteiger charge is -2.26. The van der Waals surface area contributed by atoms with Crippen LogP contribution in [0.4, 0.5) is 5.00 Å². The van der Waals surface area contributed by atoms with Crippen LogP contribution in [-0.4, -0.2) is 30.1 Å². The molecule has 2 fully saturated rings. The number of carbonyl (C=O) groups excluding carboxylic acids is 2. The number of nitrogens with one attached hydrogen (secondary N) is 1. The lowest BCUT2D eigenvalue weighted by Crippen LogP contribution is -2.38. The second-order valence-corrected chi connectivity index (χ2v) is 9.08. The van der Waals surface area contributed by atoms with Gasteiger partial charge < -0.3 is 15.2 Å². The monoisotopic (exact) mass is 391 g/mol. The molecule has 3 aliphatic rings. The Kier molecular flexibility index (Phi) is 4.97. The van der Waals surface area contributed by atoms with Gasteiger partial charge in [-0.25, -0.2) is 4.79 Å². The first-order valence-electron chi connectivity index (χ1n) is 9.77. The molecule has 0 aliphatic heterocycles. The third-order valence-electron chi connectivity index (χ3n) is 6.55. The summed E-state index contributed by atoms with van der Waals surface area (Å²) in [6, 6.07) is 0. The van der Waals surface area contributed by atoms with Gasteiger partial charge in [-0.2, -0.15) is 0 Å². The van der Waals surface area contributed by atoms with Crippen LogP contribution >= 0.6 is 11.3 Å². The Labute approximate surface area is 162 Å². The third kappa shape index (κ3) is 3.16. The van der Waals surface area contributed by atoms with Gasteiger partial charge in [0.05, 0.1) is 24.5 Å². The van der Waals surface area contributed by atoms with Crippen LogP contribution in [0.2, 0.25) is 0 Å². The molecule has 1 amide bonds. The summed E-state index contributed by atoms with van der Waals surface area (Å²) in [5, 5.41) is 13.1. The van der Waals surface area contributed by atoms with Crippen LogP contribution in [0, 0.1) is 23.7 Å². The number of carboxylic acid groups (broad SMARTS) is 1. The van der Waals surface area contributed by atoms with Crippen molar-refractivity contribution in [3.05, 3.63) is 16.0 Å². The molecule has 7 heteroatoms. The highest BCUT2D eigenvalue weighted by atomic mass is 32.1. The van der Waals surface area contributed by atoms with E-state index in [-0.39, 0.29) is 17.7 Å². The fraction of sp³-hybridized carbons (Fsp3) is 0.650. The van der Waals surface area contributed by atoms with Crippen molar-refractivity contribution in [3.8, 4) is 0 Å². The largest absolute Gasteiger partial charge is 0.481 e. The maximum atomic E-state index is 13.0. The zero-order chi connectivity index (χ0) is 19.1. The van der Waals surface area contributed by atoms with Gasteiger partial charge in [0.25, 0.3) is 0 Å². The Morgan fingerprint density at radius 1 is 1.07 bits per heavy atom. The molecule has 2 N–H and O–H groups in total. The average Bonchev–Trinajstić information content (AvgIpc) is 3.30. The van der Waals surface area contributed by atoms with E-state index in [9.17, 15) is 19.5 Å². The molecule has 0 unspecified atom stereocenters. The van der Waals surface area contributed by atoms with Crippen LogP contribution in [0.1, 0.15) is 59.3 Å². The summed E-state index contributed by atoms with van der Waals surface area (Å²) in [5.41, 5.74) is 1.48. The van der Waals surface area contributed by atoms with Crippen LogP contribution in [0.25, 0.3) is 0 Å². The summed E-state index contributed by atoms with van der Waals surface area (Å²) in [6.07, 6.45) is 7.59. The molecule has 2 bridgehead atoms. The van der Waals surface area contributed by atoms with E-state index in [2.05, 4.69) is 5.32 Å². The Hall–Kier alpha value is -1.89. The molecule has 1 aromatic rings. The lowest BCUT2D eigenvalue weighted by atomic mass is 9.79. The smallest absolute Gasteiger partial charge is 0.341 e. The number of carboxylic acids is 1. The van der Waals surface area contributed by atoms with Crippen LogP contribution in [-0.2, 0) is 27.2 Å². The van der Waals surface area contributed by atoms with Crippen LogP contribution in [0.15, 0.2) is 0 Å². The molecule has 0 spiro atoms. The minimum Gasteiger partial charge on any atom is -0.481 e. The van der Waals surface area contributed by atoms with E-state index < -0.39 is 23.8 Å². The lowest BCUT2D eigenvalue weighted by molar-refractivity contribution is -0.148. The van der Waals surface area contributed by atoms with Crippen molar-refractivity contribution in [2.24, 2.45) is 23.7 Å². The molecule has 1 aromatic heterocycles. The van der Waals surface area contributed by atoms with Crippen molar-refractivity contribution in [1.29, 1.82) is 0 Å². The third-order valence-corrected chi connectivity index (χ3v) is 7.76. The molecule has 1 heterocycles. The van der Waals surface area contributed by atoms with Gasteiger partial charge in [0.1, 0.15) is 5.00 Å². The molecule has 0 aromatic carbocycles. The zero-order valence-electron chi connectivity index (χ0n) is 15.5. The van der Waals surface area contributed by atoms with Gasteiger partial charge in [0, 0.05) is 4.88 Å². The van der Waals surface area contributed by atoms with Crippen molar-refractivity contribution in [2.45, 2.75) is 51.4 Å². The molecule has 4 rings (SSSR count). The van der Waals surface area contributed by atoms with Gasteiger partial charge in [-0.15, -0.1) is 11.3 Å². The van der Waals surface area contributed by atoms with Crippen LogP contribution in [0.3, 0.4) is 0 Å². The van der Waals surface area contributed by atoms with Gasteiger partial charge in [0.15, 0.2) is 0 Å². The number of thiophene rings is 1. The number of hydrogen-bond donors (Lipinski definition) is 2. The number of anilines is 1. The highest BCUT2D eigenvalue weighted by molar-refractivity contribution is 7.17. The summed E-state index contributed by atoms with van der Waals surface area (Å²) in [5.74, 6) is -2.43. The Bertz CT molecular complexity index is 786.